The van der Waals surface area contributed by atoms with Crippen LogP contribution in [0.25, 0.3) is 0 Å². The van der Waals surface area contributed by atoms with Gasteiger partial charge >= 0.3 is 0 Å². The highest BCUT2D eigenvalue weighted by Crippen LogP contribution is 2.30. The molecule has 0 unspecified atom stereocenters. The van der Waals surface area contributed by atoms with Gasteiger partial charge in [-0.15, -0.1) is 0 Å². The van der Waals surface area contributed by atoms with Crippen molar-refractivity contribution in [2.75, 3.05) is 23.7 Å². The number of nitrogens with zero attached hydrogens (tertiary/aromatic N) is 1. The van der Waals surface area contributed by atoms with Gasteiger partial charge < -0.3 is 10.1 Å². The van der Waals surface area contributed by atoms with E-state index in [9.17, 15) is 13.2 Å². The first-order chi connectivity index (χ1) is 15.3. The third-order valence-corrected chi connectivity index (χ3v) is 7.03. The highest BCUT2D eigenvalue weighted by atomic mass is 32.2. The third kappa shape index (κ3) is 6.25. The molecule has 0 aromatic heterocycles. The number of amides is 1. The summed E-state index contributed by atoms with van der Waals surface area (Å²) in [5.74, 6) is 0.438. The number of fused-ring (bicyclic) bond motifs is 1. The molecular formula is C25H34N2O4S. The molecule has 2 aromatic carbocycles. The molecule has 0 saturated carbocycles. The maximum Gasteiger partial charge on any atom is 0.232 e. The molecule has 3 rings (SSSR count). The van der Waals surface area contributed by atoms with Gasteiger partial charge in [-0.3, -0.25) is 9.10 Å². The molecule has 1 atom stereocenters. The van der Waals surface area contributed by atoms with E-state index in [1.54, 1.807) is 18.2 Å². The molecule has 0 fully saturated rings. The Hall–Kier alpha value is -2.54. The summed E-state index contributed by atoms with van der Waals surface area (Å²) in [5, 5.41) is 3.06. The van der Waals surface area contributed by atoms with Crippen molar-refractivity contribution >= 4 is 21.6 Å². The number of carbonyl (C=O) groups is 1. The van der Waals surface area contributed by atoms with E-state index in [2.05, 4.69) is 23.5 Å². The molecule has 0 radical (unpaired) electrons. The minimum absolute atomic E-state index is 0.0817. The zero-order valence-electron chi connectivity index (χ0n) is 19.3. The Morgan fingerprint density at radius 2 is 1.84 bits per heavy atom. The van der Waals surface area contributed by atoms with Crippen LogP contribution in [-0.4, -0.2) is 33.7 Å². The number of carbonyl (C=O) groups excluding carboxylic acids is 1. The smallest absolute Gasteiger partial charge is 0.232 e. The quantitative estimate of drug-likeness (QED) is 0.573. The molecule has 0 heterocycles. The largest absolute Gasteiger partial charge is 0.492 e. The summed E-state index contributed by atoms with van der Waals surface area (Å²) in [6, 6.07) is 13.5. The monoisotopic (exact) mass is 458 g/mol. The average molecular weight is 459 g/mol. The molecule has 174 valence electrons. The van der Waals surface area contributed by atoms with Gasteiger partial charge in [-0.1, -0.05) is 30.3 Å². The Kier molecular flexibility index (Phi) is 8.18. The maximum absolute atomic E-state index is 12.5. The lowest BCUT2D eigenvalue weighted by atomic mass is 9.89. The van der Waals surface area contributed by atoms with Crippen molar-refractivity contribution in [2.45, 2.75) is 58.4 Å². The number of benzene rings is 2. The molecule has 6 nitrogen and oxygen atoms in total. The number of nitrogens with one attached hydrogen (secondary N) is 1. The molecule has 0 aliphatic heterocycles. The summed E-state index contributed by atoms with van der Waals surface area (Å²) >= 11 is 0. The van der Waals surface area contributed by atoms with Crippen LogP contribution in [0.5, 0.6) is 5.75 Å². The first-order valence-corrected chi connectivity index (χ1v) is 13.2. The second-order valence-electron chi connectivity index (χ2n) is 8.36. The summed E-state index contributed by atoms with van der Waals surface area (Å²) in [7, 11) is -3.51. The van der Waals surface area contributed by atoms with E-state index in [1.807, 2.05) is 19.9 Å². The van der Waals surface area contributed by atoms with Crippen LogP contribution in [0, 0.1) is 0 Å². The van der Waals surface area contributed by atoms with Gasteiger partial charge in [-0.05, 0) is 74.8 Å². The zero-order chi connectivity index (χ0) is 23.1. The van der Waals surface area contributed by atoms with E-state index >= 15 is 0 Å². The van der Waals surface area contributed by atoms with Crippen LogP contribution in [0.2, 0.25) is 0 Å². The minimum Gasteiger partial charge on any atom is -0.492 e. The van der Waals surface area contributed by atoms with E-state index in [0.717, 1.165) is 18.4 Å². The number of ether oxygens (including phenoxy) is 1. The van der Waals surface area contributed by atoms with Gasteiger partial charge in [-0.2, -0.15) is 0 Å². The van der Waals surface area contributed by atoms with Crippen molar-refractivity contribution in [2.24, 2.45) is 0 Å². The Morgan fingerprint density at radius 1 is 1.12 bits per heavy atom. The van der Waals surface area contributed by atoms with Crippen molar-refractivity contribution in [1.29, 1.82) is 0 Å². The van der Waals surface area contributed by atoms with Crippen LogP contribution < -0.4 is 14.4 Å². The summed E-state index contributed by atoms with van der Waals surface area (Å²) < 4.78 is 31.7. The first-order valence-electron chi connectivity index (χ1n) is 11.4. The predicted molar refractivity (Wildman–Crippen MR) is 129 cm³/mol. The molecule has 0 saturated heterocycles. The number of hydrogen-bond donors (Lipinski definition) is 1. The highest BCUT2D eigenvalue weighted by Gasteiger charge is 2.21. The van der Waals surface area contributed by atoms with Gasteiger partial charge in [-0.25, -0.2) is 8.42 Å². The topological polar surface area (TPSA) is 75.7 Å². The zero-order valence-corrected chi connectivity index (χ0v) is 20.1. The van der Waals surface area contributed by atoms with Gasteiger partial charge in [0.2, 0.25) is 15.9 Å². The van der Waals surface area contributed by atoms with Gasteiger partial charge in [0.05, 0.1) is 24.6 Å². The van der Waals surface area contributed by atoms with E-state index in [-0.39, 0.29) is 24.9 Å². The Labute approximate surface area is 192 Å². The lowest BCUT2D eigenvalue weighted by Gasteiger charge is -2.24. The van der Waals surface area contributed by atoms with E-state index < -0.39 is 10.0 Å². The lowest BCUT2D eigenvalue weighted by molar-refractivity contribution is -0.121. The van der Waals surface area contributed by atoms with E-state index in [1.165, 1.54) is 34.5 Å². The highest BCUT2D eigenvalue weighted by molar-refractivity contribution is 7.92. The molecule has 0 bridgehead atoms. The molecule has 7 heteroatoms. The first kappa shape index (κ1) is 24.1. The van der Waals surface area contributed by atoms with Crippen molar-refractivity contribution < 1.29 is 17.9 Å². The summed E-state index contributed by atoms with van der Waals surface area (Å²) in [5.41, 5.74) is 4.43. The van der Waals surface area contributed by atoms with Crippen LogP contribution >= 0.6 is 0 Å². The number of hydrogen-bond acceptors (Lipinski definition) is 4. The Bertz CT molecular complexity index is 1040. The molecule has 2 aromatic rings. The normalized spacial score (nSPS) is 14.3. The molecule has 1 aliphatic rings. The van der Waals surface area contributed by atoms with Crippen LogP contribution in [-0.2, 0) is 27.7 Å². The van der Waals surface area contributed by atoms with Crippen LogP contribution in [0.15, 0.2) is 42.5 Å². The molecule has 1 N–H and O–H groups in total. The SMILES string of the molecule is CCOc1ccccc1N(CCCC(=O)N[C@@H](C)c1ccc2c(c1)CCCC2)S(C)(=O)=O. The summed E-state index contributed by atoms with van der Waals surface area (Å²) in [6.07, 6.45) is 6.55. The molecule has 1 amide bonds. The standard InChI is InChI=1S/C25H34N2O4S/c1-4-31-24-13-8-7-12-23(24)27(32(3,29)30)17-9-14-25(28)26-19(2)21-16-15-20-10-5-6-11-22(20)18-21/h7-8,12-13,15-16,18-19H,4-6,9-11,14,17H2,1-3H3,(H,26,28)/t19-/m0/s1. The summed E-state index contributed by atoms with van der Waals surface area (Å²) in [6.45, 7) is 4.50. The van der Waals surface area contributed by atoms with E-state index in [0.29, 0.717) is 24.5 Å². The number of anilines is 1. The number of rotatable bonds is 10. The predicted octanol–water partition coefficient (Wildman–Crippen LogP) is 4.39. The number of sulfonamides is 1. The fourth-order valence-electron chi connectivity index (χ4n) is 4.21. The van der Waals surface area contributed by atoms with Gasteiger partial charge in [0.15, 0.2) is 0 Å². The Balaban J connectivity index is 1.59. The lowest BCUT2D eigenvalue weighted by Crippen LogP contribution is -2.33. The minimum atomic E-state index is -3.51. The fourth-order valence-corrected chi connectivity index (χ4v) is 5.18. The van der Waals surface area contributed by atoms with Gasteiger partial charge in [0, 0.05) is 13.0 Å². The second-order valence-corrected chi connectivity index (χ2v) is 10.3. The number of para-hydroxylation sites is 2. The molecule has 0 spiro atoms. The van der Waals surface area contributed by atoms with Crippen molar-refractivity contribution in [3.8, 4) is 5.75 Å². The molecule has 32 heavy (non-hydrogen) atoms. The van der Waals surface area contributed by atoms with Crippen molar-refractivity contribution in [3.05, 3.63) is 59.2 Å². The van der Waals surface area contributed by atoms with Crippen molar-refractivity contribution in [1.82, 2.24) is 5.32 Å². The van der Waals surface area contributed by atoms with Crippen LogP contribution in [0.3, 0.4) is 0 Å². The van der Waals surface area contributed by atoms with E-state index in [4.69, 9.17) is 4.74 Å². The van der Waals surface area contributed by atoms with Gasteiger partial charge in [0.1, 0.15) is 5.75 Å². The van der Waals surface area contributed by atoms with Crippen LogP contribution in [0.4, 0.5) is 5.69 Å². The van der Waals surface area contributed by atoms with Crippen molar-refractivity contribution in [3.63, 3.8) is 0 Å². The van der Waals surface area contributed by atoms with Crippen LogP contribution in [0.1, 0.15) is 62.3 Å². The second kappa shape index (κ2) is 10.9. The maximum atomic E-state index is 12.5. The number of aryl methyl sites for hydroxylation is 2. The van der Waals surface area contributed by atoms with Gasteiger partial charge in [0.25, 0.3) is 0 Å². The molecule has 1 aliphatic carbocycles. The Morgan fingerprint density at radius 3 is 2.56 bits per heavy atom. The third-order valence-electron chi connectivity index (χ3n) is 5.85. The summed E-state index contributed by atoms with van der Waals surface area (Å²) in [4.78, 5) is 12.5. The average Bonchev–Trinajstić information content (AvgIpc) is 2.76. The molecular weight excluding hydrogens is 424 g/mol. The fraction of sp³-hybridized carbons (Fsp3) is 0.480.